The van der Waals surface area contributed by atoms with Crippen molar-refractivity contribution in [2.75, 3.05) is 10.0 Å². The van der Waals surface area contributed by atoms with Gasteiger partial charge < -0.3 is 0 Å². The van der Waals surface area contributed by atoms with Crippen molar-refractivity contribution >= 4 is 38.1 Å². The van der Waals surface area contributed by atoms with Gasteiger partial charge in [0.2, 0.25) is 5.13 Å². The summed E-state index contributed by atoms with van der Waals surface area (Å²) in [6.07, 6.45) is 0. The highest BCUT2D eigenvalue weighted by Crippen LogP contribution is 2.17. The van der Waals surface area contributed by atoms with Crippen molar-refractivity contribution in [1.29, 1.82) is 0 Å². The maximum absolute atomic E-state index is 12.3. The van der Waals surface area contributed by atoms with Crippen LogP contribution in [-0.2, 0) is 10.0 Å². The van der Waals surface area contributed by atoms with Crippen LogP contribution in [0.4, 0.5) is 10.8 Å². The van der Waals surface area contributed by atoms with Crippen LogP contribution in [0.1, 0.15) is 10.4 Å². The number of rotatable bonds is 5. The maximum atomic E-state index is 12.3. The van der Waals surface area contributed by atoms with E-state index in [0.717, 1.165) is 0 Å². The summed E-state index contributed by atoms with van der Waals surface area (Å²) in [5, 5.41) is 10.3. The Kier molecular flexibility index (Phi) is 4.54. The molecule has 0 aliphatic carbocycles. The molecule has 2 aromatic carbocycles. The molecule has 0 aliphatic heterocycles. The smallest absolute Gasteiger partial charge is 0.261 e. The van der Waals surface area contributed by atoms with Crippen LogP contribution >= 0.6 is 11.3 Å². The molecule has 9 heteroatoms. The lowest BCUT2D eigenvalue weighted by Crippen LogP contribution is -2.14. The fourth-order valence-corrected chi connectivity index (χ4v) is 3.40. The van der Waals surface area contributed by atoms with Gasteiger partial charge in [-0.3, -0.25) is 14.8 Å². The van der Waals surface area contributed by atoms with Crippen molar-refractivity contribution in [2.45, 2.75) is 4.90 Å². The third kappa shape index (κ3) is 3.76. The Balaban J connectivity index is 1.75. The highest BCUT2D eigenvalue weighted by atomic mass is 32.2. The molecule has 7 nitrogen and oxygen atoms in total. The maximum Gasteiger partial charge on any atom is 0.261 e. The summed E-state index contributed by atoms with van der Waals surface area (Å²) in [4.78, 5) is 12.1. The number of hydrogen-bond acceptors (Lipinski definition) is 6. The van der Waals surface area contributed by atoms with E-state index in [1.807, 2.05) is 0 Å². The molecule has 1 amide bonds. The van der Waals surface area contributed by atoms with Crippen molar-refractivity contribution in [3.8, 4) is 0 Å². The molecule has 0 spiro atoms. The van der Waals surface area contributed by atoms with E-state index in [9.17, 15) is 13.2 Å². The van der Waals surface area contributed by atoms with Gasteiger partial charge in [0.15, 0.2) is 0 Å². The third-order valence-corrected chi connectivity index (χ3v) is 5.04. The largest absolute Gasteiger partial charge is 0.296 e. The molecular weight excluding hydrogens is 348 g/mol. The van der Waals surface area contributed by atoms with Gasteiger partial charge in [0.1, 0.15) is 5.51 Å². The van der Waals surface area contributed by atoms with Gasteiger partial charge in [-0.2, -0.15) is 0 Å². The van der Waals surface area contributed by atoms with Gasteiger partial charge in [0.05, 0.1) is 4.90 Å². The molecule has 0 fully saturated rings. The molecule has 24 heavy (non-hydrogen) atoms. The number of para-hydroxylation sites is 1. The molecule has 0 atom stereocenters. The number of nitrogens with zero attached hydrogens (tertiary/aromatic N) is 2. The summed E-state index contributed by atoms with van der Waals surface area (Å²) in [7, 11) is -3.71. The van der Waals surface area contributed by atoms with E-state index < -0.39 is 10.0 Å². The molecule has 0 radical (unpaired) electrons. The highest BCUT2D eigenvalue weighted by Gasteiger charge is 2.15. The number of benzene rings is 2. The number of hydrogen-bond donors (Lipinski definition) is 2. The molecule has 0 aliphatic rings. The fourth-order valence-electron chi connectivity index (χ4n) is 1.90. The first-order chi connectivity index (χ1) is 11.5. The van der Waals surface area contributed by atoms with E-state index in [1.54, 1.807) is 30.3 Å². The van der Waals surface area contributed by atoms with E-state index in [1.165, 1.54) is 41.1 Å². The number of aromatic nitrogens is 2. The number of carbonyl (C=O) groups excluding carboxylic acids is 1. The van der Waals surface area contributed by atoms with Gasteiger partial charge in [-0.25, -0.2) is 8.42 Å². The fraction of sp³-hybridized carbons (Fsp3) is 0. The van der Waals surface area contributed by atoms with Crippen LogP contribution in [0.5, 0.6) is 0 Å². The Morgan fingerprint density at radius 1 is 1.00 bits per heavy atom. The number of amides is 1. The minimum atomic E-state index is -3.71. The van der Waals surface area contributed by atoms with Gasteiger partial charge in [0, 0.05) is 11.3 Å². The molecule has 1 aromatic heterocycles. The van der Waals surface area contributed by atoms with Crippen molar-refractivity contribution in [1.82, 2.24) is 10.2 Å². The molecule has 0 saturated carbocycles. The Morgan fingerprint density at radius 2 is 1.71 bits per heavy atom. The normalized spacial score (nSPS) is 11.0. The Labute approximate surface area is 142 Å². The molecular formula is C15H12N4O3S2. The summed E-state index contributed by atoms with van der Waals surface area (Å²) >= 11 is 1.19. The molecule has 3 aromatic rings. The second kappa shape index (κ2) is 6.77. The Hall–Kier alpha value is -2.78. The molecule has 0 saturated heterocycles. The standard InChI is InChI=1S/C15H12N4O3S2/c20-14(17-15-18-16-10-23-15)11-6-8-13(9-7-11)24(21,22)19-12-4-2-1-3-5-12/h1-10,19H,(H,17,18,20). The number of sulfonamides is 1. The quantitative estimate of drug-likeness (QED) is 0.728. The summed E-state index contributed by atoms with van der Waals surface area (Å²) in [5.74, 6) is -0.383. The zero-order valence-corrected chi connectivity index (χ0v) is 13.8. The minimum Gasteiger partial charge on any atom is -0.296 e. The molecule has 122 valence electrons. The molecule has 0 bridgehead atoms. The predicted molar refractivity (Wildman–Crippen MR) is 91.6 cm³/mol. The Morgan fingerprint density at radius 3 is 2.33 bits per heavy atom. The van der Waals surface area contributed by atoms with Crippen molar-refractivity contribution in [3.63, 3.8) is 0 Å². The average Bonchev–Trinajstić information content (AvgIpc) is 3.08. The lowest BCUT2D eigenvalue weighted by Gasteiger charge is -2.08. The van der Waals surface area contributed by atoms with Gasteiger partial charge in [-0.05, 0) is 36.4 Å². The lowest BCUT2D eigenvalue weighted by atomic mass is 10.2. The zero-order chi connectivity index (χ0) is 17.0. The van der Waals surface area contributed by atoms with Crippen LogP contribution in [0.25, 0.3) is 0 Å². The summed E-state index contributed by atoms with van der Waals surface area (Å²) in [5.41, 5.74) is 2.29. The van der Waals surface area contributed by atoms with Gasteiger partial charge in [0.25, 0.3) is 15.9 Å². The van der Waals surface area contributed by atoms with Crippen molar-refractivity contribution in [2.24, 2.45) is 0 Å². The SMILES string of the molecule is O=C(Nc1nncs1)c1ccc(S(=O)(=O)Nc2ccccc2)cc1. The first-order valence-corrected chi connectivity index (χ1v) is 9.16. The summed E-state index contributed by atoms with van der Waals surface area (Å²) < 4.78 is 27.1. The lowest BCUT2D eigenvalue weighted by molar-refractivity contribution is 0.102. The average molecular weight is 360 g/mol. The second-order valence-corrected chi connectivity index (χ2v) is 7.21. The number of nitrogens with one attached hydrogen (secondary N) is 2. The zero-order valence-electron chi connectivity index (χ0n) is 12.2. The summed E-state index contributed by atoms with van der Waals surface area (Å²) in [6.45, 7) is 0. The van der Waals surface area contributed by atoms with E-state index in [2.05, 4.69) is 20.2 Å². The number of anilines is 2. The van der Waals surface area contributed by atoms with Crippen LogP contribution in [0, 0.1) is 0 Å². The van der Waals surface area contributed by atoms with Crippen LogP contribution in [-0.4, -0.2) is 24.5 Å². The van der Waals surface area contributed by atoms with Crippen LogP contribution in [0.3, 0.4) is 0 Å². The van der Waals surface area contributed by atoms with Gasteiger partial charge in [-0.1, -0.05) is 29.5 Å². The molecule has 0 unspecified atom stereocenters. The van der Waals surface area contributed by atoms with E-state index in [0.29, 0.717) is 16.4 Å². The Bertz CT molecular complexity index is 925. The van der Waals surface area contributed by atoms with Gasteiger partial charge in [-0.15, -0.1) is 10.2 Å². The second-order valence-electron chi connectivity index (χ2n) is 4.69. The predicted octanol–water partition coefficient (Wildman–Crippen LogP) is 2.59. The van der Waals surface area contributed by atoms with E-state index in [4.69, 9.17) is 0 Å². The molecule has 1 heterocycles. The first kappa shape index (κ1) is 16.1. The van der Waals surface area contributed by atoms with E-state index in [-0.39, 0.29) is 10.8 Å². The van der Waals surface area contributed by atoms with Gasteiger partial charge >= 0.3 is 0 Å². The van der Waals surface area contributed by atoms with Crippen LogP contribution in [0.2, 0.25) is 0 Å². The van der Waals surface area contributed by atoms with Crippen LogP contribution < -0.4 is 10.0 Å². The topological polar surface area (TPSA) is 101 Å². The van der Waals surface area contributed by atoms with E-state index >= 15 is 0 Å². The summed E-state index contributed by atoms with van der Waals surface area (Å²) in [6, 6.07) is 14.2. The van der Waals surface area contributed by atoms with Crippen LogP contribution in [0.15, 0.2) is 65.0 Å². The monoisotopic (exact) mass is 360 g/mol. The minimum absolute atomic E-state index is 0.0684. The third-order valence-electron chi connectivity index (χ3n) is 3.03. The highest BCUT2D eigenvalue weighted by molar-refractivity contribution is 7.92. The molecule has 3 rings (SSSR count). The van der Waals surface area contributed by atoms with Crippen molar-refractivity contribution in [3.05, 3.63) is 65.7 Å². The number of carbonyl (C=O) groups is 1. The first-order valence-electron chi connectivity index (χ1n) is 6.80. The van der Waals surface area contributed by atoms with Crippen molar-refractivity contribution < 1.29 is 13.2 Å². The molecule has 2 N–H and O–H groups in total.